The molecule has 0 bridgehead atoms. The number of anilines is 1. The molecule has 2 rings (SSSR count). The molecule has 0 spiro atoms. The summed E-state index contributed by atoms with van der Waals surface area (Å²) < 4.78 is 27.9. The molecule has 0 aliphatic rings. The summed E-state index contributed by atoms with van der Waals surface area (Å²) in [5, 5.41) is 3.35. The van der Waals surface area contributed by atoms with Gasteiger partial charge in [-0.15, -0.1) is 0 Å². The van der Waals surface area contributed by atoms with Crippen LogP contribution in [0.1, 0.15) is 11.1 Å². The molecule has 5 heteroatoms. The Balaban J connectivity index is 2.48. The maximum atomic E-state index is 13.9. The minimum absolute atomic E-state index is 0.220. The van der Waals surface area contributed by atoms with Crippen LogP contribution < -0.4 is 5.32 Å². The molecule has 1 nitrogen and oxygen atoms in total. The summed E-state index contributed by atoms with van der Waals surface area (Å²) in [6.07, 6.45) is 0.220. The van der Waals surface area contributed by atoms with Gasteiger partial charge in [0, 0.05) is 28.5 Å². The zero-order chi connectivity index (χ0) is 14.0. The first kappa shape index (κ1) is 14.3. The van der Waals surface area contributed by atoms with E-state index in [1.807, 2.05) is 0 Å². The molecule has 1 N–H and O–H groups in total. The summed E-state index contributed by atoms with van der Waals surface area (Å²) in [5.74, 6) is -0.742. The average Bonchev–Trinajstić information content (AvgIpc) is 2.38. The van der Waals surface area contributed by atoms with Crippen molar-refractivity contribution < 1.29 is 8.78 Å². The van der Waals surface area contributed by atoms with E-state index in [4.69, 9.17) is 11.6 Å². The fourth-order valence-electron chi connectivity index (χ4n) is 1.91. The molecule has 0 heterocycles. The molecule has 100 valence electrons. The summed E-state index contributed by atoms with van der Waals surface area (Å²) in [7, 11) is 1.70. The Hall–Kier alpha value is -1.13. The number of halogens is 4. The molecular weight excluding hydrogens is 336 g/mol. The first-order valence-corrected chi connectivity index (χ1v) is 6.78. The number of nitrogens with one attached hydrogen (secondary N) is 1. The fourth-order valence-corrected chi connectivity index (χ4v) is 2.66. The normalized spacial score (nSPS) is 10.6. The quantitative estimate of drug-likeness (QED) is 0.823. The molecule has 0 aliphatic carbocycles. The first-order chi connectivity index (χ1) is 9.02. The fraction of sp³-hybridized carbons (Fsp3) is 0.143. The minimum Gasteiger partial charge on any atom is -0.387 e. The molecule has 0 saturated carbocycles. The van der Waals surface area contributed by atoms with Gasteiger partial charge in [0.25, 0.3) is 0 Å². The predicted octanol–water partition coefficient (Wildman–Crippen LogP) is 5.01. The largest absolute Gasteiger partial charge is 0.387 e. The zero-order valence-electron chi connectivity index (χ0n) is 10.1. The van der Waals surface area contributed by atoms with Gasteiger partial charge in [-0.05, 0) is 51.8 Å². The van der Waals surface area contributed by atoms with Crippen LogP contribution in [-0.4, -0.2) is 7.05 Å². The van der Waals surface area contributed by atoms with Crippen molar-refractivity contribution >= 4 is 33.2 Å². The average molecular weight is 347 g/mol. The first-order valence-electron chi connectivity index (χ1n) is 5.61. The van der Waals surface area contributed by atoms with E-state index in [-0.39, 0.29) is 18.1 Å². The summed E-state index contributed by atoms with van der Waals surface area (Å²) in [6.45, 7) is 0. The molecule has 0 unspecified atom stereocenters. The minimum atomic E-state index is -0.388. The van der Waals surface area contributed by atoms with E-state index in [1.165, 1.54) is 24.3 Å². The standard InChI is InChI=1S/C14H11BrClF2N/c1-19-14-10(13(18)5-3-11(14)15)7-8-6-9(17)2-4-12(8)16/h2-6,19H,7H2,1H3. The van der Waals surface area contributed by atoms with Crippen LogP contribution in [0.3, 0.4) is 0 Å². The molecule has 19 heavy (non-hydrogen) atoms. The molecule has 0 fully saturated rings. The maximum absolute atomic E-state index is 13.9. The molecular formula is C14H11BrClF2N. The highest BCUT2D eigenvalue weighted by molar-refractivity contribution is 9.10. The van der Waals surface area contributed by atoms with Gasteiger partial charge in [-0.3, -0.25) is 0 Å². The van der Waals surface area contributed by atoms with Crippen LogP contribution >= 0.6 is 27.5 Å². The smallest absolute Gasteiger partial charge is 0.128 e. The van der Waals surface area contributed by atoms with Crippen LogP contribution in [0.2, 0.25) is 5.02 Å². The Labute approximate surface area is 123 Å². The van der Waals surface area contributed by atoms with Gasteiger partial charge in [0.2, 0.25) is 0 Å². The highest BCUT2D eigenvalue weighted by Crippen LogP contribution is 2.31. The van der Waals surface area contributed by atoms with Gasteiger partial charge in [-0.2, -0.15) is 0 Å². The second kappa shape index (κ2) is 5.88. The lowest BCUT2D eigenvalue weighted by atomic mass is 10.0. The summed E-state index contributed by atoms with van der Waals surface area (Å²) in [4.78, 5) is 0. The molecule has 2 aromatic carbocycles. The number of rotatable bonds is 3. The van der Waals surface area contributed by atoms with E-state index in [0.29, 0.717) is 21.8 Å². The van der Waals surface area contributed by atoms with E-state index in [2.05, 4.69) is 21.2 Å². The van der Waals surface area contributed by atoms with Gasteiger partial charge in [-0.1, -0.05) is 11.6 Å². The number of hydrogen-bond acceptors (Lipinski definition) is 1. The van der Waals surface area contributed by atoms with Crippen LogP contribution in [0.25, 0.3) is 0 Å². The van der Waals surface area contributed by atoms with Gasteiger partial charge < -0.3 is 5.32 Å². The molecule has 0 atom stereocenters. The van der Waals surface area contributed by atoms with Crippen LogP contribution in [0, 0.1) is 11.6 Å². The Morgan fingerprint density at radius 2 is 1.95 bits per heavy atom. The molecule has 2 aromatic rings. The van der Waals surface area contributed by atoms with Gasteiger partial charge in [0.05, 0.1) is 5.69 Å². The van der Waals surface area contributed by atoms with E-state index >= 15 is 0 Å². The Bertz CT molecular complexity index is 617. The van der Waals surface area contributed by atoms with Crippen molar-refractivity contribution in [2.24, 2.45) is 0 Å². The van der Waals surface area contributed by atoms with Gasteiger partial charge in [0.1, 0.15) is 11.6 Å². The second-order valence-corrected chi connectivity index (χ2v) is 5.31. The predicted molar refractivity (Wildman–Crippen MR) is 77.9 cm³/mol. The van der Waals surface area contributed by atoms with Gasteiger partial charge in [0.15, 0.2) is 0 Å². The van der Waals surface area contributed by atoms with Gasteiger partial charge in [-0.25, -0.2) is 8.78 Å². The highest BCUT2D eigenvalue weighted by Gasteiger charge is 2.14. The zero-order valence-corrected chi connectivity index (χ0v) is 12.4. The van der Waals surface area contributed by atoms with Crippen molar-refractivity contribution in [3.63, 3.8) is 0 Å². The van der Waals surface area contributed by atoms with Crippen LogP contribution in [0.5, 0.6) is 0 Å². The topological polar surface area (TPSA) is 12.0 Å². The Morgan fingerprint density at radius 3 is 2.63 bits per heavy atom. The molecule has 0 radical (unpaired) electrons. The number of hydrogen-bond donors (Lipinski definition) is 1. The molecule has 0 aromatic heterocycles. The highest BCUT2D eigenvalue weighted by atomic mass is 79.9. The van der Waals surface area contributed by atoms with Crippen molar-refractivity contribution in [1.82, 2.24) is 0 Å². The van der Waals surface area contributed by atoms with Crippen molar-refractivity contribution in [2.75, 3.05) is 12.4 Å². The van der Waals surface area contributed by atoms with Crippen molar-refractivity contribution in [3.8, 4) is 0 Å². The molecule has 0 aliphatic heterocycles. The third-order valence-electron chi connectivity index (χ3n) is 2.83. The van der Waals surface area contributed by atoms with Crippen LogP contribution in [0.4, 0.5) is 14.5 Å². The van der Waals surface area contributed by atoms with Crippen molar-refractivity contribution in [1.29, 1.82) is 0 Å². The Morgan fingerprint density at radius 1 is 1.21 bits per heavy atom. The third-order valence-corrected chi connectivity index (χ3v) is 3.86. The van der Waals surface area contributed by atoms with Crippen LogP contribution in [0.15, 0.2) is 34.8 Å². The van der Waals surface area contributed by atoms with E-state index < -0.39 is 0 Å². The monoisotopic (exact) mass is 345 g/mol. The Kier molecular flexibility index (Phi) is 4.42. The lowest BCUT2D eigenvalue weighted by molar-refractivity contribution is 0.612. The number of benzene rings is 2. The van der Waals surface area contributed by atoms with Crippen molar-refractivity contribution in [2.45, 2.75) is 6.42 Å². The maximum Gasteiger partial charge on any atom is 0.128 e. The van der Waals surface area contributed by atoms with Crippen molar-refractivity contribution in [3.05, 3.63) is 62.6 Å². The molecule has 0 saturated heterocycles. The SMILES string of the molecule is CNc1c(Br)ccc(F)c1Cc1cc(F)ccc1Cl. The van der Waals surface area contributed by atoms with E-state index in [9.17, 15) is 8.78 Å². The lowest BCUT2D eigenvalue weighted by Crippen LogP contribution is -2.02. The van der Waals surface area contributed by atoms with E-state index in [1.54, 1.807) is 13.1 Å². The summed E-state index contributed by atoms with van der Waals surface area (Å²) >= 11 is 9.36. The summed E-state index contributed by atoms with van der Waals surface area (Å²) in [5.41, 5.74) is 1.64. The summed E-state index contributed by atoms with van der Waals surface area (Å²) in [6, 6.07) is 7.07. The second-order valence-electron chi connectivity index (χ2n) is 4.05. The molecule has 0 amide bonds. The van der Waals surface area contributed by atoms with E-state index in [0.717, 1.165) is 4.47 Å². The lowest BCUT2D eigenvalue weighted by Gasteiger charge is -2.13. The van der Waals surface area contributed by atoms with Crippen LogP contribution in [-0.2, 0) is 6.42 Å². The third kappa shape index (κ3) is 3.07. The van der Waals surface area contributed by atoms with Gasteiger partial charge >= 0.3 is 0 Å².